The first-order valence-corrected chi connectivity index (χ1v) is 3.94. The van der Waals surface area contributed by atoms with Gasteiger partial charge in [0.05, 0.1) is 5.69 Å². The zero-order valence-corrected chi connectivity index (χ0v) is 7.06. The zero-order chi connectivity index (χ0) is 8.39. The molecule has 3 N–H and O–H groups in total. The van der Waals surface area contributed by atoms with E-state index in [4.69, 9.17) is 12.2 Å². The largest absolute Gasteiger partial charge is 0.277 e. The van der Waals surface area contributed by atoms with Crippen LogP contribution in [0.25, 0.3) is 0 Å². The summed E-state index contributed by atoms with van der Waals surface area (Å²) in [5.74, 6) is 0. The van der Waals surface area contributed by atoms with Crippen LogP contribution in [0.1, 0.15) is 0 Å². The first-order valence-electron chi connectivity index (χ1n) is 3.54. The molecule has 1 aromatic rings. The predicted molar refractivity (Wildman–Crippen MR) is 50.9 cm³/mol. The van der Waals surface area contributed by atoms with Crippen molar-refractivity contribution in [3.05, 3.63) is 30.3 Å². The Hall–Kier alpha value is -1.33. The number of benzene rings is 1. The molecule has 0 atom stereocenters. The molecule has 0 radical (unpaired) electrons. The number of rotatable bonds is 1. The number of hydrazine groups is 3. The van der Waals surface area contributed by atoms with Gasteiger partial charge in [0.25, 0.3) is 0 Å². The highest BCUT2D eigenvalue weighted by Gasteiger charge is 2.12. The molecule has 1 aliphatic rings. The van der Waals surface area contributed by atoms with Gasteiger partial charge in [-0.1, -0.05) is 18.2 Å². The smallest absolute Gasteiger partial charge is 0.202 e. The third-order valence-electron chi connectivity index (χ3n) is 1.51. The number of para-hydroxylation sites is 1. The minimum absolute atomic E-state index is 0.568. The van der Waals surface area contributed by atoms with Gasteiger partial charge in [0.15, 0.2) is 0 Å². The molecule has 5 heteroatoms. The van der Waals surface area contributed by atoms with E-state index in [0.29, 0.717) is 5.11 Å². The standard InChI is InChI=1S/C7H8N4S/c12-7-8-10-11(9-7)6-4-2-1-3-5-6/h1-5,10H,(H2,8,9,12). The molecular weight excluding hydrogens is 172 g/mol. The Kier molecular flexibility index (Phi) is 1.81. The second kappa shape index (κ2) is 2.96. The molecular formula is C7H8N4S. The lowest BCUT2D eigenvalue weighted by molar-refractivity contribution is 0.652. The van der Waals surface area contributed by atoms with E-state index in [1.807, 2.05) is 30.3 Å². The van der Waals surface area contributed by atoms with Crippen LogP contribution < -0.4 is 21.5 Å². The fraction of sp³-hybridized carbons (Fsp3) is 0. The Morgan fingerprint density at radius 2 is 1.92 bits per heavy atom. The topological polar surface area (TPSA) is 39.3 Å². The molecule has 1 aliphatic heterocycles. The van der Waals surface area contributed by atoms with E-state index in [2.05, 4.69) is 16.4 Å². The van der Waals surface area contributed by atoms with Gasteiger partial charge in [0, 0.05) is 0 Å². The van der Waals surface area contributed by atoms with Crippen molar-refractivity contribution in [1.82, 2.24) is 16.4 Å². The SMILES string of the molecule is S=C1NNN(c2ccccc2)N1. The molecule has 12 heavy (non-hydrogen) atoms. The maximum Gasteiger partial charge on any atom is 0.202 e. The summed E-state index contributed by atoms with van der Waals surface area (Å²) in [6, 6.07) is 9.82. The quantitative estimate of drug-likeness (QED) is 0.542. The normalized spacial score (nSPS) is 15.7. The highest BCUT2D eigenvalue weighted by Crippen LogP contribution is 2.08. The van der Waals surface area contributed by atoms with Crippen LogP contribution in [-0.2, 0) is 0 Å². The summed E-state index contributed by atoms with van der Waals surface area (Å²) in [4.78, 5) is 0. The summed E-state index contributed by atoms with van der Waals surface area (Å²) < 4.78 is 0. The van der Waals surface area contributed by atoms with Crippen molar-refractivity contribution in [1.29, 1.82) is 0 Å². The van der Waals surface area contributed by atoms with Crippen molar-refractivity contribution in [2.45, 2.75) is 0 Å². The lowest BCUT2D eigenvalue weighted by Gasteiger charge is -2.14. The van der Waals surface area contributed by atoms with E-state index >= 15 is 0 Å². The minimum atomic E-state index is 0.568. The van der Waals surface area contributed by atoms with Gasteiger partial charge in [-0.15, -0.1) is 5.53 Å². The van der Waals surface area contributed by atoms with E-state index < -0.39 is 0 Å². The third-order valence-corrected chi connectivity index (χ3v) is 1.70. The van der Waals surface area contributed by atoms with Crippen LogP contribution in [0.3, 0.4) is 0 Å². The van der Waals surface area contributed by atoms with Crippen molar-refractivity contribution in [2.24, 2.45) is 0 Å². The van der Waals surface area contributed by atoms with Crippen LogP contribution in [0.15, 0.2) is 30.3 Å². The molecule has 1 saturated heterocycles. The fourth-order valence-corrected chi connectivity index (χ4v) is 1.11. The van der Waals surface area contributed by atoms with Gasteiger partial charge in [-0.25, -0.2) is 0 Å². The number of nitrogens with one attached hydrogen (secondary N) is 3. The van der Waals surface area contributed by atoms with Crippen LogP contribution in [0.5, 0.6) is 0 Å². The molecule has 1 fully saturated rings. The minimum Gasteiger partial charge on any atom is -0.277 e. The van der Waals surface area contributed by atoms with Gasteiger partial charge in [-0.3, -0.25) is 10.9 Å². The average Bonchev–Trinajstić information content (AvgIpc) is 2.54. The molecule has 0 bridgehead atoms. The van der Waals surface area contributed by atoms with Crippen LogP contribution in [0.4, 0.5) is 5.69 Å². The van der Waals surface area contributed by atoms with Crippen LogP contribution in [0, 0.1) is 0 Å². The summed E-state index contributed by atoms with van der Waals surface area (Å²) >= 11 is 4.87. The van der Waals surface area contributed by atoms with E-state index in [1.165, 1.54) is 0 Å². The summed E-state index contributed by atoms with van der Waals surface area (Å²) in [6.07, 6.45) is 0. The van der Waals surface area contributed by atoms with Gasteiger partial charge >= 0.3 is 0 Å². The molecule has 0 unspecified atom stereocenters. The average molecular weight is 180 g/mol. The van der Waals surface area contributed by atoms with E-state index in [-0.39, 0.29) is 0 Å². The van der Waals surface area contributed by atoms with Crippen molar-refractivity contribution < 1.29 is 0 Å². The van der Waals surface area contributed by atoms with E-state index in [9.17, 15) is 0 Å². The van der Waals surface area contributed by atoms with Crippen molar-refractivity contribution in [3.63, 3.8) is 0 Å². The molecule has 62 valence electrons. The predicted octanol–water partition coefficient (Wildman–Crippen LogP) is 0.305. The second-order valence-corrected chi connectivity index (χ2v) is 2.76. The van der Waals surface area contributed by atoms with Crippen LogP contribution >= 0.6 is 12.2 Å². The number of hydrogen-bond donors (Lipinski definition) is 3. The van der Waals surface area contributed by atoms with E-state index in [0.717, 1.165) is 5.69 Å². The highest BCUT2D eigenvalue weighted by molar-refractivity contribution is 7.80. The number of anilines is 1. The maximum atomic E-state index is 4.87. The van der Waals surface area contributed by atoms with Gasteiger partial charge in [-0.2, -0.15) is 5.12 Å². The van der Waals surface area contributed by atoms with Gasteiger partial charge in [-0.05, 0) is 24.4 Å². The Balaban J connectivity index is 2.16. The number of thiocarbonyl (C=S) groups is 1. The molecule has 0 saturated carbocycles. The fourth-order valence-electron chi connectivity index (χ4n) is 0.970. The molecule has 1 heterocycles. The molecule has 2 rings (SSSR count). The summed E-state index contributed by atoms with van der Waals surface area (Å²) in [5, 5.41) is 2.28. The van der Waals surface area contributed by atoms with Crippen LogP contribution in [-0.4, -0.2) is 5.11 Å². The first kappa shape index (κ1) is 7.33. The number of hydrogen-bond acceptors (Lipinski definition) is 3. The van der Waals surface area contributed by atoms with Crippen LogP contribution in [0.2, 0.25) is 0 Å². The second-order valence-electron chi connectivity index (χ2n) is 2.35. The third kappa shape index (κ3) is 1.32. The zero-order valence-electron chi connectivity index (χ0n) is 6.24. The molecule has 4 nitrogen and oxygen atoms in total. The Morgan fingerprint density at radius 1 is 1.17 bits per heavy atom. The Labute approximate surface area is 75.5 Å². The lowest BCUT2D eigenvalue weighted by Crippen LogP contribution is -2.40. The Bertz CT molecular complexity index is 287. The van der Waals surface area contributed by atoms with Crippen molar-refractivity contribution in [3.8, 4) is 0 Å². The summed E-state index contributed by atoms with van der Waals surface area (Å²) in [6.45, 7) is 0. The highest BCUT2D eigenvalue weighted by atomic mass is 32.1. The Morgan fingerprint density at radius 3 is 2.50 bits per heavy atom. The monoisotopic (exact) mass is 180 g/mol. The molecule has 0 aromatic heterocycles. The summed E-state index contributed by atoms with van der Waals surface area (Å²) in [7, 11) is 0. The van der Waals surface area contributed by atoms with Crippen molar-refractivity contribution >= 4 is 23.0 Å². The molecule has 1 aromatic carbocycles. The first-order chi connectivity index (χ1) is 5.86. The van der Waals surface area contributed by atoms with E-state index in [1.54, 1.807) is 5.12 Å². The van der Waals surface area contributed by atoms with Crippen molar-refractivity contribution in [2.75, 3.05) is 5.12 Å². The molecule has 0 amide bonds. The molecule has 0 aliphatic carbocycles. The van der Waals surface area contributed by atoms with Gasteiger partial charge < -0.3 is 0 Å². The lowest BCUT2D eigenvalue weighted by atomic mass is 10.3. The summed E-state index contributed by atoms with van der Waals surface area (Å²) in [5.41, 5.74) is 9.54. The molecule has 0 spiro atoms. The van der Waals surface area contributed by atoms with Gasteiger partial charge in [0.2, 0.25) is 5.11 Å². The van der Waals surface area contributed by atoms with Gasteiger partial charge in [0.1, 0.15) is 0 Å². The number of nitrogens with zero attached hydrogens (tertiary/aromatic N) is 1. The maximum absolute atomic E-state index is 4.87.